The summed E-state index contributed by atoms with van der Waals surface area (Å²) in [7, 11) is 0. The van der Waals surface area contributed by atoms with Crippen LogP contribution in [0.5, 0.6) is 5.75 Å². The van der Waals surface area contributed by atoms with E-state index in [-0.39, 0.29) is 23.9 Å². The summed E-state index contributed by atoms with van der Waals surface area (Å²) >= 11 is 0. The average Bonchev–Trinajstić information content (AvgIpc) is 2.46. The fourth-order valence-corrected chi connectivity index (χ4v) is 1.85. The highest BCUT2D eigenvalue weighted by molar-refractivity contribution is 5.90. The molecule has 3 N–H and O–H groups in total. The van der Waals surface area contributed by atoms with Crippen LogP contribution in [0.2, 0.25) is 0 Å². The van der Waals surface area contributed by atoms with E-state index in [1.165, 1.54) is 18.2 Å². The van der Waals surface area contributed by atoms with Crippen molar-refractivity contribution < 1.29 is 20.1 Å². The largest absolute Gasteiger partial charge is 0.508 e. The van der Waals surface area contributed by atoms with Crippen LogP contribution >= 0.6 is 0 Å². The van der Waals surface area contributed by atoms with Gasteiger partial charge < -0.3 is 15.3 Å². The molecule has 0 fully saturated rings. The van der Waals surface area contributed by atoms with Crippen LogP contribution in [0.3, 0.4) is 0 Å². The maximum Gasteiger partial charge on any atom is 0.159 e. The number of ketones is 1. The van der Waals surface area contributed by atoms with Crippen molar-refractivity contribution >= 4 is 11.9 Å². The Balaban J connectivity index is 2.64. The third-order valence-electron chi connectivity index (χ3n) is 3.06. The molecule has 0 atom stereocenters. The molecule has 1 aromatic rings. The van der Waals surface area contributed by atoms with E-state index in [0.717, 1.165) is 24.8 Å². The Morgan fingerprint density at radius 2 is 2.05 bits per heavy atom. The SMILES string of the molecule is CCCCCC(=O)/C=C(O)/C=C/c1ccc(O)c(CO)c1. The van der Waals surface area contributed by atoms with Crippen LogP contribution < -0.4 is 0 Å². The van der Waals surface area contributed by atoms with Crippen LogP contribution in [0, 0.1) is 0 Å². The summed E-state index contributed by atoms with van der Waals surface area (Å²) in [4.78, 5) is 11.5. The lowest BCUT2D eigenvalue weighted by Crippen LogP contribution is -1.94. The zero-order chi connectivity index (χ0) is 15.7. The Bertz CT molecular complexity index is 530. The summed E-state index contributed by atoms with van der Waals surface area (Å²) in [6.45, 7) is 1.81. The third kappa shape index (κ3) is 6.27. The first kappa shape index (κ1) is 17.0. The molecule has 0 saturated heterocycles. The van der Waals surface area contributed by atoms with E-state index in [4.69, 9.17) is 5.11 Å². The van der Waals surface area contributed by atoms with E-state index in [2.05, 4.69) is 6.92 Å². The molecule has 0 aliphatic heterocycles. The van der Waals surface area contributed by atoms with Gasteiger partial charge in [-0.1, -0.05) is 31.9 Å². The van der Waals surface area contributed by atoms with Gasteiger partial charge in [0.1, 0.15) is 11.5 Å². The second-order valence-corrected chi connectivity index (χ2v) is 4.87. The highest BCUT2D eigenvalue weighted by Crippen LogP contribution is 2.19. The van der Waals surface area contributed by atoms with E-state index < -0.39 is 0 Å². The first-order valence-corrected chi connectivity index (χ1v) is 7.11. The smallest absolute Gasteiger partial charge is 0.159 e. The lowest BCUT2D eigenvalue weighted by molar-refractivity contribution is -0.114. The summed E-state index contributed by atoms with van der Waals surface area (Å²) in [5, 5.41) is 28.2. The third-order valence-corrected chi connectivity index (χ3v) is 3.06. The molecule has 4 nitrogen and oxygen atoms in total. The number of hydrogen-bond acceptors (Lipinski definition) is 4. The van der Waals surface area contributed by atoms with Gasteiger partial charge >= 0.3 is 0 Å². The summed E-state index contributed by atoms with van der Waals surface area (Å²) in [5.41, 5.74) is 1.13. The van der Waals surface area contributed by atoms with Crippen molar-refractivity contribution in [3.05, 3.63) is 47.2 Å². The maximum atomic E-state index is 11.5. The van der Waals surface area contributed by atoms with Gasteiger partial charge in [0.25, 0.3) is 0 Å². The normalized spacial score (nSPS) is 12.0. The summed E-state index contributed by atoms with van der Waals surface area (Å²) in [6.07, 6.45) is 7.60. The van der Waals surface area contributed by atoms with Crippen molar-refractivity contribution in [2.45, 2.75) is 39.2 Å². The van der Waals surface area contributed by atoms with Gasteiger partial charge in [-0.3, -0.25) is 4.79 Å². The second kappa shape index (κ2) is 8.97. The molecule has 0 aliphatic rings. The number of phenols is 1. The van der Waals surface area contributed by atoms with Crippen LogP contribution in [0.1, 0.15) is 43.7 Å². The number of aliphatic hydroxyl groups excluding tert-OH is 2. The number of carbonyl (C=O) groups is 1. The van der Waals surface area contributed by atoms with Gasteiger partial charge in [0.15, 0.2) is 5.78 Å². The molecular formula is C17H22O4. The second-order valence-electron chi connectivity index (χ2n) is 4.87. The number of hydrogen-bond donors (Lipinski definition) is 3. The highest BCUT2D eigenvalue weighted by atomic mass is 16.3. The summed E-state index contributed by atoms with van der Waals surface area (Å²) < 4.78 is 0. The number of carbonyl (C=O) groups excluding carboxylic acids is 1. The quantitative estimate of drug-likeness (QED) is 0.296. The van der Waals surface area contributed by atoms with Crippen LogP contribution in [0.4, 0.5) is 0 Å². The van der Waals surface area contributed by atoms with E-state index in [1.54, 1.807) is 18.2 Å². The zero-order valence-corrected chi connectivity index (χ0v) is 12.2. The molecule has 0 aromatic heterocycles. The minimum atomic E-state index is -0.259. The predicted octanol–water partition coefficient (Wildman–Crippen LogP) is 3.49. The van der Waals surface area contributed by atoms with Crippen LogP contribution in [0.25, 0.3) is 6.08 Å². The molecule has 0 unspecified atom stereocenters. The Kier molecular flexibility index (Phi) is 7.26. The molecule has 0 bridgehead atoms. The predicted molar refractivity (Wildman–Crippen MR) is 82.9 cm³/mol. The van der Waals surface area contributed by atoms with Crippen molar-refractivity contribution in [1.82, 2.24) is 0 Å². The van der Waals surface area contributed by atoms with Gasteiger partial charge in [0, 0.05) is 18.1 Å². The van der Waals surface area contributed by atoms with Crippen LogP contribution in [-0.2, 0) is 11.4 Å². The topological polar surface area (TPSA) is 77.8 Å². The Morgan fingerprint density at radius 1 is 1.29 bits per heavy atom. The minimum Gasteiger partial charge on any atom is -0.508 e. The number of unbranched alkanes of at least 4 members (excludes halogenated alkanes) is 2. The Hall–Kier alpha value is -2.07. The summed E-state index contributed by atoms with van der Waals surface area (Å²) in [5.74, 6) is -0.164. The fourth-order valence-electron chi connectivity index (χ4n) is 1.85. The molecule has 0 amide bonds. The molecule has 4 heteroatoms. The summed E-state index contributed by atoms with van der Waals surface area (Å²) in [6, 6.07) is 4.74. The zero-order valence-electron chi connectivity index (χ0n) is 12.2. The van der Waals surface area contributed by atoms with E-state index >= 15 is 0 Å². The first-order chi connectivity index (χ1) is 10.1. The van der Waals surface area contributed by atoms with E-state index in [0.29, 0.717) is 12.0 Å². The average molecular weight is 290 g/mol. The standard InChI is InChI=1S/C17H22O4/c1-2-3-4-5-15(19)11-16(20)8-6-13-7-9-17(21)14(10-13)12-18/h6-11,18,20-21H,2-5,12H2,1H3/b8-6+,16-11-. The molecular weight excluding hydrogens is 268 g/mol. The molecule has 114 valence electrons. The van der Waals surface area contributed by atoms with Gasteiger partial charge in [-0.25, -0.2) is 0 Å². The van der Waals surface area contributed by atoms with E-state index in [9.17, 15) is 15.0 Å². The molecule has 0 spiro atoms. The van der Waals surface area contributed by atoms with Gasteiger partial charge in [0.05, 0.1) is 6.61 Å². The number of rotatable bonds is 8. The van der Waals surface area contributed by atoms with Crippen molar-refractivity contribution in [3.63, 3.8) is 0 Å². The minimum absolute atomic E-state index is 0.0283. The molecule has 0 radical (unpaired) electrons. The molecule has 21 heavy (non-hydrogen) atoms. The molecule has 1 rings (SSSR count). The maximum absolute atomic E-state index is 11.5. The number of aromatic hydroxyl groups is 1. The van der Waals surface area contributed by atoms with Gasteiger partial charge in [-0.15, -0.1) is 0 Å². The number of aliphatic hydroxyl groups is 2. The first-order valence-electron chi connectivity index (χ1n) is 7.11. The molecule has 0 saturated carbocycles. The number of benzene rings is 1. The molecule has 0 heterocycles. The monoisotopic (exact) mass is 290 g/mol. The lowest BCUT2D eigenvalue weighted by atomic mass is 10.1. The van der Waals surface area contributed by atoms with Crippen molar-refractivity contribution in [3.8, 4) is 5.75 Å². The Morgan fingerprint density at radius 3 is 2.71 bits per heavy atom. The fraction of sp³-hybridized carbons (Fsp3) is 0.353. The number of allylic oxidation sites excluding steroid dienone is 2. The van der Waals surface area contributed by atoms with Crippen molar-refractivity contribution in [1.29, 1.82) is 0 Å². The van der Waals surface area contributed by atoms with Gasteiger partial charge in [-0.05, 0) is 30.2 Å². The van der Waals surface area contributed by atoms with Gasteiger partial charge in [-0.2, -0.15) is 0 Å². The molecule has 0 aliphatic carbocycles. The van der Waals surface area contributed by atoms with E-state index in [1.807, 2.05) is 0 Å². The van der Waals surface area contributed by atoms with Crippen molar-refractivity contribution in [2.24, 2.45) is 0 Å². The van der Waals surface area contributed by atoms with Crippen LogP contribution in [0.15, 0.2) is 36.1 Å². The van der Waals surface area contributed by atoms with Gasteiger partial charge in [0.2, 0.25) is 0 Å². The lowest BCUT2D eigenvalue weighted by Gasteiger charge is -2.02. The Labute approximate surface area is 125 Å². The van der Waals surface area contributed by atoms with Crippen LogP contribution in [-0.4, -0.2) is 21.1 Å². The highest BCUT2D eigenvalue weighted by Gasteiger charge is 2.01. The molecule has 1 aromatic carbocycles. The van der Waals surface area contributed by atoms with Crippen molar-refractivity contribution in [2.75, 3.05) is 0 Å².